The molecule has 0 amide bonds. The van der Waals surface area contributed by atoms with E-state index in [-0.39, 0.29) is 12.6 Å². The zero-order valence-electron chi connectivity index (χ0n) is 11.0. The van der Waals surface area contributed by atoms with Gasteiger partial charge >= 0.3 is 0 Å². The smallest absolute Gasteiger partial charge is 0.231 e. The van der Waals surface area contributed by atoms with Crippen LogP contribution >= 0.6 is 0 Å². The van der Waals surface area contributed by atoms with Crippen molar-refractivity contribution in [2.24, 2.45) is 0 Å². The van der Waals surface area contributed by atoms with Crippen LogP contribution in [0.25, 0.3) is 11.3 Å². The summed E-state index contributed by atoms with van der Waals surface area (Å²) in [6, 6.07) is 3.35. The third-order valence-electron chi connectivity index (χ3n) is 4.52. The minimum atomic E-state index is -1.52. The largest absolute Gasteiger partial charge is 0.454 e. The van der Waals surface area contributed by atoms with Crippen LogP contribution < -0.4 is 9.47 Å². The third kappa shape index (κ3) is 1.18. The Morgan fingerprint density at radius 2 is 2.19 bits per heavy atom. The molecule has 1 atom stereocenters. The predicted molar refractivity (Wildman–Crippen MR) is 69.2 cm³/mol. The van der Waals surface area contributed by atoms with E-state index in [1.807, 2.05) is 0 Å². The van der Waals surface area contributed by atoms with Crippen molar-refractivity contribution >= 4 is 5.78 Å². The Labute approximate surface area is 119 Å². The van der Waals surface area contributed by atoms with Gasteiger partial charge in [-0.1, -0.05) is 5.16 Å². The monoisotopic (exact) mass is 285 g/mol. The molecule has 0 unspecified atom stereocenters. The number of rotatable bonds is 0. The van der Waals surface area contributed by atoms with Crippen molar-refractivity contribution < 1.29 is 23.9 Å². The van der Waals surface area contributed by atoms with E-state index in [0.717, 1.165) is 0 Å². The van der Waals surface area contributed by atoms with Gasteiger partial charge in [-0.05, 0) is 25.0 Å². The van der Waals surface area contributed by atoms with E-state index in [0.29, 0.717) is 58.9 Å². The normalized spacial score (nSPS) is 24.7. The van der Waals surface area contributed by atoms with Gasteiger partial charge in [0.05, 0.1) is 11.1 Å². The highest BCUT2D eigenvalue weighted by atomic mass is 16.7. The fraction of sp³-hybridized carbons (Fsp3) is 0.333. The Kier molecular flexibility index (Phi) is 1.87. The minimum absolute atomic E-state index is 0.115. The molecular formula is C15H11NO5. The van der Waals surface area contributed by atoms with E-state index in [2.05, 4.69) is 5.16 Å². The molecule has 1 aromatic heterocycles. The maximum atomic E-state index is 12.8. The van der Waals surface area contributed by atoms with Gasteiger partial charge in [0.15, 0.2) is 22.9 Å². The van der Waals surface area contributed by atoms with Gasteiger partial charge in [-0.15, -0.1) is 0 Å². The summed E-state index contributed by atoms with van der Waals surface area (Å²) in [5.41, 5.74) is 0.478. The fourth-order valence-corrected chi connectivity index (χ4v) is 3.57. The van der Waals surface area contributed by atoms with Crippen LogP contribution in [-0.2, 0) is 12.0 Å². The summed E-state index contributed by atoms with van der Waals surface area (Å²) in [5, 5.41) is 15.0. The Balaban J connectivity index is 1.91. The quantitative estimate of drug-likeness (QED) is 0.794. The van der Waals surface area contributed by atoms with Gasteiger partial charge in [0.1, 0.15) is 11.5 Å². The van der Waals surface area contributed by atoms with Crippen molar-refractivity contribution in [3.63, 3.8) is 0 Å². The number of benzene rings is 1. The number of carbonyl (C=O) groups excluding carboxylic acids is 1. The molecule has 0 radical (unpaired) electrons. The molecular weight excluding hydrogens is 274 g/mol. The lowest BCUT2D eigenvalue weighted by Crippen LogP contribution is -2.41. The maximum Gasteiger partial charge on any atom is 0.231 e. The first-order valence-electron chi connectivity index (χ1n) is 6.89. The molecule has 106 valence electrons. The van der Waals surface area contributed by atoms with Crippen LogP contribution in [0.4, 0.5) is 0 Å². The predicted octanol–water partition coefficient (Wildman–Crippen LogP) is 1.79. The lowest BCUT2D eigenvalue weighted by molar-refractivity contribution is 0.0186. The lowest BCUT2D eigenvalue weighted by Gasteiger charge is -2.34. The van der Waals surface area contributed by atoms with Crippen molar-refractivity contribution in [2.75, 3.05) is 6.79 Å². The Hall–Kier alpha value is -2.34. The first kappa shape index (κ1) is 11.3. The number of nitrogens with zero attached hydrogens (tertiary/aromatic N) is 1. The highest BCUT2D eigenvalue weighted by Gasteiger charge is 2.51. The molecule has 1 aromatic carbocycles. The Morgan fingerprint density at radius 1 is 1.29 bits per heavy atom. The number of aryl methyl sites for hydroxylation is 1. The molecule has 0 bridgehead atoms. The van der Waals surface area contributed by atoms with E-state index in [1.54, 1.807) is 12.1 Å². The van der Waals surface area contributed by atoms with Crippen LogP contribution in [0.3, 0.4) is 0 Å². The van der Waals surface area contributed by atoms with Crippen LogP contribution in [0, 0.1) is 0 Å². The van der Waals surface area contributed by atoms with Crippen molar-refractivity contribution in [3.05, 3.63) is 29.0 Å². The molecule has 2 aliphatic carbocycles. The topological polar surface area (TPSA) is 81.8 Å². The zero-order valence-corrected chi connectivity index (χ0v) is 11.0. The van der Waals surface area contributed by atoms with Gasteiger partial charge in [0.25, 0.3) is 0 Å². The van der Waals surface area contributed by atoms with Gasteiger partial charge in [0.2, 0.25) is 6.79 Å². The van der Waals surface area contributed by atoms with Crippen molar-refractivity contribution in [3.8, 4) is 22.8 Å². The number of hydrogen-bond donors (Lipinski definition) is 1. The van der Waals surface area contributed by atoms with Gasteiger partial charge in [0, 0.05) is 12.0 Å². The van der Waals surface area contributed by atoms with Crippen molar-refractivity contribution in [1.82, 2.24) is 5.16 Å². The Morgan fingerprint density at radius 3 is 3.10 bits per heavy atom. The summed E-state index contributed by atoms with van der Waals surface area (Å²) in [6.07, 6.45) is 1.77. The number of Topliss-reactive ketones (excluding diaryl/α,β-unsaturated/α-hetero) is 1. The van der Waals surface area contributed by atoms with Crippen LogP contribution in [0.2, 0.25) is 0 Å². The first-order valence-corrected chi connectivity index (χ1v) is 6.89. The standard InChI is InChI=1S/C15H11NO5/c17-14-7-3-4-9-13(20-6-19-9)10(7)12-11-8(21-16-12)2-1-5-15(11,14)18/h3-4,18H,1-2,5-6H2/t15-/m1/s1. The molecule has 3 aliphatic rings. The first-order chi connectivity index (χ1) is 10.2. The summed E-state index contributed by atoms with van der Waals surface area (Å²) < 4.78 is 16.2. The van der Waals surface area contributed by atoms with Crippen LogP contribution in [0.15, 0.2) is 16.7 Å². The molecule has 5 rings (SSSR count). The number of ether oxygens (including phenoxy) is 2. The van der Waals surface area contributed by atoms with Crippen LogP contribution in [0.5, 0.6) is 11.5 Å². The number of hydrogen-bond acceptors (Lipinski definition) is 6. The summed E-state index contributed by atoms with van der Waals surface area (Å²) >= 11 is 0. The molecule has 0 saturated heterocycles. The number of fused-ring (bicyclic) bond motifs is 4. The lowest BCUT2D eigenvalue weighted by atomic mass is 9.71. The van der Waals surface area contributed by atoms with Gasteiger partial charge < -0.3 is 19.1 Å². The highest BCUT2D eigenvalue weighted by molar-refractivity contribution is 6.13. The van der Waals surface area contributed by atoms with E-state index >= 15 is 0 Å². The van der Waals surface area contributed by atoms with Crippen LogP contribution in [-0.4, -0.2) is 22.8 Å². The molecule has 0 spiro atoms. The number of ketones is 1. The summed E-state index contributed by atoms with van der Waals surface area (Å²) in [4.78, 5) is 12.8. The average Bonchev–Trinajstić information content (AvgIpc) is 3.11. The second-order valence-electron chi connectivity index (χ2n) is 5.59. The average molecular weight is 285 g/mol. The van der Waals surface area contributed by atoms with Gasteiger partial charge in [-0.25, -0.2) is 0 Å². The number of carbonyl (C=O) groups is 1. The van der Waals surface area contributed by atoms with Crippen LogP contribution in [0.1, 0.15) is 34.5 Å². The molecule has 0 saturated carbocycles. The van der Waals surface area contributed by atoms with E-state index < -0.39 is 5.60 Å². The van der Waals surface area contributed by atoms with Crippen molar-refractivity contribution in [1.29, 1.82) is 0 Å². The summed E-state index contributed by atoms with van der Waals surface area (Å²) in [5.74, 6) is 1.37. The number of aliphatic hydroxyl groups is 1. The Bertz CT molecular complexity index is 809. The molecule has 2 aromatic rings. The molecule has 1 N–H and O–H groups in total. The summed E-state index contributed by atoms with van der Waals surface area (Å²) in [7, 11) is 0. The van der Waals surface area contributed by atoms with E-state index in [9.17, 15) is 9.90 Å². The second kappa shape index (κ2) is 3.46. The third-order valence-corrected chi connectivity index (χ3v) is 4.52. The van der Waals surface area contributed by atoms with Crippen molar-refractivity contribution in [2.45, 2.75) is 24.9 Å². The fourth-order valence-electron chi connectivity index (χ4n) is 3.57. The SMILES string of the molecule is O=C1c2ccc3c(c2-c2noc4c2[C@]1(O)CCC4)OCO3. The second-order valence-corrected chi connectivity index (χ2v) is 5.59. The highest BCUT2D eigenvalue weighted by Crippen LogP contribution is 2.53. The van der Waals surface area contributed by atoms with E-state index in [1.165, 1.54) is 0 Å². The maximum absolute atomic E-state index is 12.8. The zero-order chi connectivity index (χ0) is 14.2. The molecule has 21 heavy (non-hydrogen) atoms. The summed E-state index contributed by atoms with van der Waals surface area (Å²) in [6.45, 7) is 0.115. The van der Waals surface area contributed by atoms with Gasteiger partial charge in [-0.2, -0.15) is 0 Å². The molecule has 2 heterocycles. The molecule has 6 nitrogen and oxygen atoms in total. The van der Waals surface area contributed by atoms with Gasteiger partial charge in [-0.3, -0.25) is 4.79 Å². The molecule has 0 fully saturated rings. The van der Waals surface area contributed by atoms with E-state index in [4.69, 9.17) is 14.0 Å². The molecule has 1 aliphatic heterocycles. The molecule has 6 heteroatoms. The minimum Gasteiger partial charge on any atom is -0.454 e. The number of aromatic nitrogens is 1.